The third-order valence-corrected chi connectivity index (χ3v) is 7.19. The third kappa shape index (κ3) is 6.97. The fraction of sp³-hybridized carbons (Fsp3) is 0.385. The first-order chi connectivity index (χ1) is 17.6. The van der Waals surface area contributed by atoms with E-state index in [9.17, 15) is 4.79 Å². The second kappa shape index (κ2) is 13.0. The van der Waals surface area contributed by atoms with Gasteiger partial charge in [0, 0.05) is 41.6 Å². The summed E-state index contributed by atoms with van der Waals surface area (Å²) in [6.07, 6.45) is 0. The Hall–Kier alpha value is -2.66. The largest absolute Gasteiger partial charge is 0.493 e. The van der Waals surface area contributed by atoms with Crippen molar-refractivity contribution >= 4 is 33.2 Å². The van der Waals surface area contributed by atoms with Crippen molar-refractivity contribution in [2.45, 2.75) is 13.2 Å². The summed E-state index contributed by atoms with van der Waals surface area (Å²) in [6, 6.07) is 13.0. The molecular weight excluding hydrogens is 546 g/mol. The number of aromatic nitrogens is 1. The first kappa shape index (κ1) is 26.4. The van der Waals surface area contributed by atoms with E-state index < -0.39 is 0 Å². The molecule has 0 atom stereocenters. The smallest absolute Gasteiger partial charge is 0.254 e. The summed E-state index contributed by atoms with van der Waals surface area (Å²) >= 11 is 4.98. The van der Waals surface area contributed by atoms with Gasteiger partial charge in [0.25, 0.3) is 5.91 Å². The number of rotatable bonds is 11. The average molecular weight is 577 g/mol. The standard InChI is InChI=1S/C26H30BrN3O5S/c1-32-22-7-4-8-23(33-2)25(22)35-17-24-28-21(18-36-24)16-30(10-9-29-11-13-34-14-12-29)26(31)19-5-3-6-20(27)15-19/h3-8,15,18H,9-14,16-17H2,1-2H3. The van der Waals surface area contributed by atoms with Crippen molar-refractivity contribution in [1.82, 2.24) is 14.8 Å². The second-order valence-corrected chi connectivity index (χ2v) is 10.1. The van der Waals surface area contributed by atoms with Crippen LogP contribution in [0.2, 0.25) is 0 Å². The van der Waals surface area contributed by atoms with Gasteiger partial charge >= 0.3 is 0 Å². The van der Waals surface area contributed by atoms with Crippen molar-refractivity contribution in [3.8, 4) is 17.2 Å². The maximum Gasteiger partial charge on any atom is 0.254 e. The van der Waals surface area contributed by atoms with E-state index in [4.69, 9.17) is 23.9 Å². The van der Waals surface area contributed by atoms with Crippen LogP contribution in [-0.2, 0) is 17.9 Å². The van der Waals surface area contributed by atoms with Crippen LogP contribution < -0.4 is 14.2 Å². The summed E-state index contributed by atoms with van der Waals surface area (Å²) in [6.45, 7) is 5.30. The van der Waals surface area contributed by atoms with Gasteiger partial charge in [0.15, 0.2) is 11.5 Å². The first-order valence-corrected chi connectivity index (χ1v) is 13.4. The first-order valence-electron chi connectivity index (χ1n) is 11.7. The monoisotopic (exact) mass is 575 g/mol. The molecule has 0 aliphatic carbocycles. The fourth-order valence-electron chi connectivity index (χ4n) is 3.92. The van der Waals surface area contributed by atoms with Crippen molar-refractivity contribution in [3.63, 3.8) is 0 Å². The van der Waals surface area contributed by atoms with Gasteiger partial charge in [-0.3, -0.25) is 9.69 Å². The molecule has 0 bridgehead atoms. The number of para-hydroxylation sites is 1. The molecule has 1 aliphatic rings. The molecule has 1 aromatic heterocycles. The Balaban J connectivity index is 1.44. The van der Waals surface area contributed by atoms with E-state index in [0.29, 0.717) is 35.9 Å². The molecule has 192 valence electrons. The Morgan fingerprint density at radius 2 is 1.86 bits per heavy atom. The molecule has 0 N–H and O–H groups in total. The van der Waals surface area contributed by atoms with Crippen molar-refractivity contribution in [2.24, 2.45) is 0 Å². The van der Waals surface area contributed by atoms with Crippen LogP contribution in [0.1, 0.15) is 21.1 Å². The lowest BCUT2D eigenvalue weighted by Gasteiger charge is -2.30. The van der Waals surface area contributed by atoms with E-state index >= 15 is 0 Å². The summed E-state index contributed by atoms with van der Waals surface area (Å²) in [5, 5.41) is 2.79. The van der Waals surface area contributed by atoms with Crippen LogP contribution in [0.3, 0.4) is 0 Å². The second-order valence-electron chi connectivity index (χ2n) is 8.20. The Bertz CT molecular complexity index is 1130. The van der Waals surface area contributed by atoms with Crippen LogP contribution >= 0.6 is 27.3 Å². The summed E-state index contributed by atoms with van der Waals surface area (Å²) in [7, 11) is 3.19. The van der Waals surface area contributed by atoms with Crippen LogP contribution in [-0.4, -0.2) is 74.3 Å². The van der Waals surface area contributed by atoms with E-state index in [2.05, 4.69) is 20.8 Å². The van der Waals surface area contributed by atoms with Gasteiger partial charge in [0.05, 0.1) is 39.7 Å². The topological polar surface area (TPSA) is 73.4 Å². The van der Waals surface area contributed by atoms with Gasteiger partial charge in [0.1, 0.15) is 11.6 Å². The Kier molecular flexibility index (Phi) is 9.57. The molecule has 1 saturated heterocycles. The molecule has 1 amide bonds. The molecule has 2 aromatic carbocycles. The predicted octanol–water partition coefficient (Wildman–Crippen LogP) is 4.48. The number of nitrogens with zero attached hydrogens (tertiary/aromatic N) is 3. The molecule has 0 saturated carbocycles. The number of thiazole rings is 1. The molecule has 3 aromatic rings. The maximum atomic E-state index is 13.4. The number of hydrogen-bond donors (Lipinski definition) is 0. The maximum absolute atomic E-state index is 13.4. The highest BCUT2D eigenvalue weighted by molar-refractivity contribution is 9.10. The van der Waals surface area contributed by atoms with Gasteiger partial charge in [-0.1, -0.05) is 28.1 Å². The number of methoxy groups -OCH3 is 2. The SMILES string of the molecule is COc1cccc(OC)c1OCc1nc(CN(CCN2CCOCC2)C(=O)c2cccc(Br)c2)cs1. The number of hydrogen-bond acceptors (Lipinski definition) is 8. The van der Waals surface area contributed by atoms with Crippen LogP contribution in [0.25, 0.3) is 0 Å². The average Bonchev–Trinajstić information content (AvgIpc) is 3.37. The van der Waals surface area contributed by atoms with E-state index in [1.807, 2.05) is 52.7 Å². The zero-order chi connectivity index (χ0) is 25.3. The quantitative estimate of drug-likeness (QED) is 0.334. The summed E-state index contributed by atoms with van der Waals surface area (Å²) < 4.78 is 23.1. The van der Waals surface area contributed by atoms with Crippen LogP contribution in [0, 0.1) is 0 Å². The number of morpholine rings is 1. The molecule has 4 rings (SSSR count). The number of halogens is 1. The molecule has 8 nitrogen and oxygen atoms in total. The molecule has 0 radical (unpaired) electrons. The number of benzene rings is 2. The predicted molar refractivity (Wildman–Crippen MR) is 142 cm³/mol. The number of carbonyl (C=O) groups is 1. The minimum Gasteiger partial charge on any atom is -0.493 e. The van der Waals surface area contributed by atoms with Gasteiger partial charge in [-0.2, -0.15) is 0 Å². The fourth-order valence-corrected chi connectivity index (χ4v) is 5.02. The lowest BCUT2D eigenvalue weighted by atomic mass is 10.2. The highest BCUT2D eigenvalue weighted by atomic mass is 79.9. The van der Waals surface area contributed by atoms with Crippen LogP contribution in [0.5, 0.6) is 17.2 Å². The van der Waals surface area contributed by atoms with E-state index in [0.717, 1.165) is 48.0 Å². The highest BCUT2D eigenvalue weighted by Gasteiger charge is 2.20. The molecule has 2 heterocycles. The highest BCUT2D eigenvalue weighted by Crippen LogP contribution is 2.37. The van der Waals surface area contributed by atoms with Crippen molar-refractivity contribution in [1.29, 1.82) is 0 Å². The molecule has 0 spiro atoms. The van der Waals surface area contributed by atoms with Crippen LogP contribution in [0.4, 0.5) is 0 Å². The van der Waals surface area contributed by atoms with Gasteiger partial charge < -0.3 is 23.8 Å². The van der Waals surface area contributed by atoms with Crippen molar-refractivity contribution in [3.05, 3.63) is 68.6 Å². The summed E-state index contributed by atoms with van der Waals surface area (Å²) in [5.74, 6) is 1.71. The molecule has 0 unspecified atom stereocenters. The lowest BCUT2D eigenvalue weighted by Crippen LogP contribution is -2.43. The molecule has 1 aliphatic heterocycles. The van der Waals surface area contributed by atoms with E-state index in [1.165, 1.54) is 11.3 Å². The molecule has 10 heteroatoms. The zero-order valence-corrected chi connectivity index (χ0v) is 22.8. The third-order valence-electron chi connectivity index (χ3n) is 5.82. The molecule has 36 heavy (non-hydrogen) atoms. The van der Waals surface area contributed by atoms with E-state index in [-0.39, 0.29) is 12.5 Å². The number of ether oxygens (including phenoxy) is 4. The lowest BCUT2D eigenvalue weighted by molar-refractivity contribution is 0.0319. The summed E-state index contributed by atoms with van der Waals surface area (Å²) in [5.41, 5.74) is 1.48. The van der Waals surface area contributed by atoms with Gasteiger partial charge in [0.2, 0.25) is 5.75 Å². The van der Waals surface area contributed by atoms with Crippen molar-refractivity contribution in [2.75, 3.05) is 53.6 Å². The normalized spacial score (nSPS) is 13.9. The van der Waals surface area contributed by atoms with Crippen LogP contribution in [0.15, 0.2) is 52.3 Å². The number of amides is 1. The van der Waals surface area contributed by atoms with Crippen molar-refractivity contribution < 1.29 is 23.7 Å². The Morgan fingerprint density at radius 1 is 1.14 bits per heavy atom. The number of carbonyl (C=O) groups excluding carboxylic acids is 1. The Labute approximate surface area is 223 Å². The zero-order valence-electron chi connectivity index (χ0n) is 20.4. The molecule has 1 fully saturated rings. The minimum absolute atomic E-state index is 0.0193. The van der Waals surface area contributed by atoms with Gasteiger partial charge in [-0.25, -0.2) is 4.98 Å². The minimum atomic E-state index is -0.0193. The van der Waals surface area contributed by atoms with E-state index in [1.54, 1.807) is 14.2 Å². The Morgan fingerprint density at radius 3 is 2.56 bits per heavy atom. The molecular formula is C26H30BrN3O5S. The van der Waals surface area contributed by atoms with Gasteiger partial charge in [-0.15, -0.1) is 11.3 Å². The summed E-state index contributed by atoms with van der Waals surface area (Å²) in [4.78, 5) is 22.3. The van der Waals surface area contributed by atoms with Gasteiger partial charge in [-0.05, 0) is 30.3 Å².